The van der Waals surface area contributed by atoms with E-state index < -0.39 is 0 Å². The van der Waals surface area contributed by atoms with Crippen molar-refractivity contribution in [3.63, 3.8) is 0 Å². The van der Waals surface area contributed by atoms with Gasteiger partial charge in [0.2, 0.25) is 0 Å². The molecule has 0 saturated carbocycles. The van der Waals surface area contributed by atoms with Gasteiger partial charge in [0.25, 0.3) is 0 Å². The lowest BCUT2D eigenvalue weighted by Gasteiger charge is -2.10. The van der Waals surface area contributed by atoms with Gasteiger partial charge in [-0.2, -0.15) is 0 Å². The van der Waals surface area contributed by atoms with Crippen LogP contribution in [0.2, 0.25) is 0 Å². The molecule has 0 fully saturated rings. The largest absolute Gasteiger partial charge is 0.336 e. The smallest absolute Gasteiger partial charge is 0.162 e. The van der Waals surface area contributed by atoms with Crippen LogP contribution in [0, 0.1) is 5.82 Å². The number of ketones is 1. The molecule has 0 aliphatic heterocycles. The number of aromatic nitrogens is 1. The maximum Gasteiger partial charge on any atom is 0.162 e. The highest BCUT2D eigenvalue weighted by Crippen LogP contribution is 2.34. The van der Waals surface area contributed by atoms with Gasteiger partial charge in [-0.05, 0) is 42.8 Å². The van der Waals surface area contributed by atoms with Crippen LogP contribution in [0.3, 0.4) is 0 Å². The summed E-state index contributed by atoms with van der Waals surface area (Å²) in [7, 11) is 0. The first-order valence-corrected chi connectivity index (χ1v) is 7.12. The molecule has 2 aromatic carbocycles. The summed E-state index contributed by atoms with van der Waals surface area (Å²) in [6, 6.07) is 14.0. The molecular formula is C19H16FNO. The normalized spacial score (nSPS) is 10.8. The lowest BCUT2D eigenvalue weighted by molar-refractivity contribution is 0.101. The number of hydrogen-bond acceptors (Lipinski definition) is 1. The van der Waals surface area contributed by atoms with E-state index >= 15 is 0 Å². The molecule has 0 aliphatic carbocycles. The highest BCUT2D eigenvalue weighted by molar-refractivity contribution is 6.12. The summed E-state index contributed by atoms with van der Waals surface area (Å²) in [4.78, 5) is 12.2. The van der Waals surface area contributed by atoms with Crippen LogP contribution in [0.1, 0.15) is 17.3 Å². The van der Waals surface area contributed by atoms with E-state index in [0.29, 0.717) is 12.1 Å². The van der Waals surface area contributed by atoms with Crippen molar-refractivity contribution in [3.8, 4) is 11.3 Å². The SMILES string of the molecule is C=CCn1c(-c2ccc(F)cc2)c(C(C)=O)c2ccccc21. The zero-order valence-corrected chi connectivity index (χ0v) is 12.3. The molecule has 2 nitrogen and oxygen atoms in total. The highest BCUT2D eigenvalue weighted by Gasteiger charge is 2.20. The van der Waals surface area contributed by atoms with E-state index in [0.717, 1.165) is 22.2 Å². The summed E-state index contributed by atoms with van der Waals surface area (Å²) in [6.07, 6.45) is 1.80. The fraction of sp³-hybridized carbons (Fsp3) is 0.105. The Hall–Kier alpha value is -2.68. The Morgan fingerprint density at radius 3 is 2.50 bits per heavy atom. The number of carbonyl (C=O) groups is 1. The minimum atomic E-state index is -0.292. The van der Waals surface area contributed by atoms with Crippen molar-refractivity contribution in [2.24, 2.45) is 0 Å². The third-order valence-electron chi connectivity index (χ3n) is 3.75. The van der Waals surface area contributed by atoms with Crippen molar-refractivity contribution in [2.75, 3.05) is 0 Å². The number of allylic oxidation sites excluding steroid dienone is 1. The summed E-state index contributed by atoms with van der Waals surface area (Å²) in [5, 5.41) is 0.913. The molecule has 0 amide bonds. The number of halogens is 1. The number of para-hydroxylation sites is 1. The predicted molar refractivity (Wildman–Crippen MR) is 87.5 cm³/mol. The van der Waals surface area contributed by atoms with Crippen LogP contribution < -0.4 is 0 Å². The van der Waals surface area contributed by atoms with Gasteiger partial charge in [-0.25, -0.2) is 4.39 Å². The van der Waals surface area contributed by atoms with Crippen LogP contribution in [0.4, 0.5) is 4.39 Å². The molecule has 0 unspecified atom stereocenters. The molecule has 0 aliphatic rings. The van der Waals surface area contributed by atoms with Gasteiger partial charge in [0.15, 0.2) is 5.78 Å². The van der Waals surface area contributed by atoms with Gasteiger partial charge in [-0.3, -0.25) is 4.79 Å². The van der Waals surface area contributed by atoms with Crippen LogP contribution in [0.25, 0.3) is 22.2 Å². The molecule has 1 aromatic heterocycles. The Morgan fingerprint density at radius 1 is 1.18 bits per heavy atom. The Balaban J connectivity index is 2.41. The monoisotopic (exact) mass is 293 g/mol. The van der Waals surface area contributed by atoms with E-state index in [1.54, 1.807) is 25.1 Å². The van der Waals surface area contributed by atoms with E-state index in [4.69, 9.17) is 0 Å². The molecular weight excluding hydrogens is 277 g/mol. The molecule has 22 heavy (non-hydrogen) atoms. The Bertz CT molecular complexity index is 859. The third-order valence-corrected chi connectivity index (χ3v) is 3.75. The topological polar surface area (TPSA) is 22.0 Å². The first kappa shape index (κ1) is 14.3. The van der Waals surface area contributed by atoms with E-state index in [9.17, 15) is 9.18 Å². The summed E-state index contributed by atoms with van der Waals surface area (Å²) in [5.74, 6) is -0.294. The number of benzene rings is 2. The molecule has 0 N–H and O–H groups in total. The second-order valence-corrected chi connectivity index (χ2v) is 5.20. The second kappa shape index (κ2) is 5.60. The zero-order chi connectivity index (χ0) is 15.7. The number of nitrogens with zero attached hydrogens (tertiary/aromatic N) is 1. The van der Waals surface area contributed by atoms with Gasteiger partial charge in [-0.1, -0.05) is 24.3 Å². The number of rotatable bonds is 4. The molecule has 0 bridgehead atoms. The van der Waals surface area contributed by atoms with E-state index in [-0.39, 0.29) is 11.6 Å². The van der Waals surface area contributed by atoms with Gasteiger partial charge in [0.05, 0.1) is 11.3 Å². The number of Topliss-reactive ketones (excluding diaryl/α,β-unsaturated/α-hetero) is 1. The minimum Gasteiger partial charge on any atom is -0.336 e. The van der Waals surface area contributed by atoms with Crippen LogP contribution in [0.5, 0.6) is 0 Å². The average Bonchev–Trinajstić information content (AvgIpc) is 2.83. The van der Waals surface area contributed by atoms with Crippen LogP contribution in [-0.2, 0) is 6.54 Å². The van der Waals surface area contributed by atoms with Crippen molar-refractivity contribution in [1.82, 2.24) is 4.57 Å². The Morgan fingerprint density at radius 2 is 1.86 bits per heavy atom. The Kier molecular flexibility index (Phi) is 3.63. The first-order valence-electron chi connectivity index (χ1n) is 7.12. The molecule has 0 atom stereocenters. The summed E-state index contributed by atoms with van der Waals surface area (Å²) < 4.78 is 15.3. The van der Waals surface area contributed by atoms with Crippen LogP contribution in [0.15, 0.2) is 61.2 Å². The first-order chi connectivity index (χ1) is 10.6. The summed E-state index contributed by atoms with van der Waals surface area (Å²) in [6.45, 7) is 5.95. The molecule has 0 spiro atoms. The lowest BCUT2D eigenvalue weighted by Crippen LogP contribution is -2.01. The van der Waals surface area contributed by atoms with Gasteiger partial charge < -0.3 is 4.57 Å². The maximum atomic E-state index is 13.2. The molecule has 3 aromatic rings. The molecule has 110 valence electrons. The standard InChI is InChI=1S/C19H16FNO/c1-3-12-21-17-7-5-4-6-16(17)18(13(2)22)19(21)14-8-10-15(20)11-9-14/h3-11H,1,12H2,2H3. The second-order valence-electron chi connectivity index (χ2n) is 5.20. The summed E-state index contributed by atoms with van der Waals surface area (Å²) >= 11 is 0. The third kappa shape index (κ3) is 2.25. The van der Waals surface area contributed by atoms with E-state index in [2.05, 4.69) is 6.58 Å². The number of hydrogen-bond donors (Lipinski definition) is 0. The maximum absolute atomic E-state index is 13.2. The van der Waals surface area contributed by atoms with Gasteiger partial charge >= 0.3 is 0 Å². The van der Waals surface area contributed by atoms with Crippen molar-refractivity contribution in [3.05, 3.63) is 72.6 Å². The fourth-order valence-electron chi connectivity index (χ4n) is 2.89. The van der Waals surface area contributed by atoms with Crippen molar-refractivity contribution in [2.45, 2.75) is 13.5 Å². The lowest BCUT2D eigenvalue weighted by atomic mass is 10.0. The number of carbonyl (C=O) groups excluding carboxylic acids is 1. The van der Waals surface area contributed by atoms with Crippen molar-refractivity contribution < 1.29 is 9.18 Å². The Labute approximate surface area is 128 Å². The highest BCUT2D eigenvalue weighted by atomic mass is 19.1. The van der Waals surface area contributed by atoms with Gasteiger partial charge in [0, 0.05) is 17.4 Å². The summed E-state index contributed by atoms with van der Waals surface area (Å²) in [5.41, 5.74) is 3.29. The molecule has 3 rings (SSSR count). The molecule has 0 radical (unpaired) electrons. The van der Waals surface area contributed by atoms with Crippen molar-refractivity contribution >= 4 is 16.7 Å². The quantitative estimate of drug-likeness (QED) is 0.498. The van der Waals surface area contributed by atoms with Crippen LogP contribution in [-0.4, -0.2) is 10.4 Å². The average molecular weight is 293 g/mol. The molecule has 3 heteroatoms. The van der Waals surface area contributed by atoms with E-state index in [1.165, 1.54) is 12.1 Å². The van der Waals surface area contributed by atoms with Gasteiger partial charge in [0.1, 0.15) is 5.82 Å². The zero-order valence-electron chi connectivity index (χ0n) is 12.3. The molecule has 0 saturated heterocycles. The molecule has 1 heterocycles. The number of fused-ring (bicyclic) bond motifs is 1. The van der Waals surface area contributed by atoms with Gasteiger partial charge in [-0.15, -0.1) is 6.58 Å². The van der Waals surface area contributed by atoms with Crippen LogP contribution >= 0.6 is 0 Å². The minimum absolute atomic E-state index is 0.00154. The predicted octanol–water partition coefficient (Wildman–Crippen LogP) is 4.84. The van der Waals surface area contributed by atoms with E-state index in [1.807, 2.05) is 28.8 Å². The van der Waals surface area contributed by atoms with Crippen molar-refractivity contribution in [1.29, 1.82) is 0 Å². The fourth-order valence-corrected chi connectivity index (χ4v) is 2.89.